The predicted octanol–water partition coefficient (Wildman–Crippen LogP) is -0.446. The van der Waals surface area contributed by atoms with E-state index in [1.165, 1.54) is 17.1 Å². The summed E-state index contributed by atoms with van der Waals surface area (Å²) in [6, 6.07) is 0. The average Bonchev–Trinajstić information content (AvgIpc) is 2.75. The van der Waals surface area contributed by atoms with Crippen LogP contribution in [0.5, 0.6) is 0 Å². The third-order valence-corrected chi connectivity index (χ3v) is 5.94. The molecule has 0 spiro atoms. The van der Waals surface area contributed by atoms with Crippen molar-refractivity contribution in [1.29, 1.82) is 0 Å². The first-order valence-corrected chi connectivity index (χ1v) is 8.65. The molecular formula is C12H26N4O2S. The molecule has 2 rings (SSSR count). The van der Waals surface area contributed by atoms with Gasteiger partial charge in [-0.2, -0.15) is 17.0 Å². The molecule has 2 aliphatic rings. The quantitative estimate of drug-likeness (QED) is 0.745. The van der Waals surface area contributed by atoms with Crippen LogP contribution in [-0.2, 0) is 10.2 Å². The molecule has 0 atom stereocenters. The van der Waals surface area contributed by atoms with Crippen molar-refractivity contribution in [3.05, 3.63) is 0 Å². The smallest absolute Gasteiger partial charge is 0.281 e. The molecule has 0 saturated carbocycles. The summed E-state index contributed by atoms with van der Waals surface area (Å²) < 4.78 is 28.0. The first-order chi connectivity index (χ1) is 9.10. The Kier molecular flexibility index (Phi) is 5.58. The minimum absolute atomic E-state index is 0.580. The number of hydrogen-bond acceptors (Lipinski definition) is 4. The van der Waals surface area contributed by atoms with E-state index >= 15 is 0 Å². The maximum absolute atomic E-state index is 12.4. The number of nitrogens with one attached hydrogen (secondary N) is 1. The zero-order valence-corrected chi connectivity index (χ0v) is 12.7. The fourth-order valence-electron chi connectivity index (χ4n) is 2.65. The zero-order chi connectivity index (χ0) is 13.7. The van der Waals surface area contributed by atoms with Crippen LogP contribution >= 0.6 is 0 Å². The van der Waals surface area contributed by atoms with Crippen molar-refractivity contribution in [2.24, 2.45) is 0 Å². The molecule has 2 aliphatic heterocycles. The Hall–Kier alpha value is -0.210. The Bertz CT molecular complexity index is 360. The van der Waals surface area contributed by atoms with Crippen LogP contribution < -0.4 is 5.32 Å². The number of rotatable bonds is 5. The number of nitrogens with zero attached hydrogens (tertiary/aromatic N) is 3. The van der Waals surface area contributed by atoms with Crippen LogP contribution in [0, 0.1) is 0 Å². The number of hydrogen-bond donors (Lipinski definition) is 1. The molecular weight excluding hydrogens is 264 g/mol. The normalized spacial score (nSPS) is 23.9. The Morgan fingerprint density at radius 3 is 2.53 bits per heavy atom. The van der Waals surface area contributed by atoms with Gasteiger partial charge >= 0.3 is 0 Å². The van der Waals surface area contributed by atoms with E-state index < -0.39 is 10.2 Å². The second kappa shape index (κ2) is 6.99. The molecule has 6 nitrogen and oxygen atoms in total. The topological polar surface area (TPSA) is 55.9 Å². The van der Waals surface area contributed by atoms with Crippen molar-refractivity contribution in [3.63, 3.8) is 0 Å². The summed E-state index contributed by atoms with van der Waals surface area (Å²) in [5.74, 6) is 0. The molecule has 1 N–H and O–H groups in total. The van der Waals surface area contributed by atoms with Gasteiger partial charge in [0.05, 0.1) is 0 Å². The Morgan fingerprint density at radius 2 is 1.79 bits per heavy atom. The predicted molar refractivity (Wildman–Crippen MR) is 76.3 cm³/mol. The molecule has 0 unspecified atom stereocenters. The van der Waals surface area contributed by atoms with E-state index in [1.807, 2.05) is 0 Å². The van der Waals surface area contributed by atoms with Gasteiger partial charge in [0.2, 0.25) is 0 Å². The molecule has 0 aliphatic carbocycles. The largest absolute Gasteiger partial charge is 0.315 e. The van der Waals surface area contributed by atoms with Crippen molar-refractivity contribution >= 4 is 10.2 Å². The van der Waals surface area contributed by atoms with Crippen molar-refractivity contribution < 1.29 is 8.42 Å². The van der Waals surface area contributed by atoms with Gasteiger partial charge in [0, 0.05) is 39.8 Å². The van der Waals surface area contributed by atoms with Crippen LogP contribution in [0.2, 0.25) is 0 Å². The monoisotopic (exact) mass is 290 g/mol. The van der Waals surface area contributed by atoms with Gasteiger partial charge in [-0.05, 0) is 38.9 Å². The maximum Gasteiger partial charge on any atom is 0.281 e. The molecule has 112 valence electrons. The molecule has 0 radical (unpaired) electrons. The summed E-state index contributed by atoms with van der Waals surface area (Å²) in [6.45, 7) is 6.53. The van der Waals surface area contributed by atoms with Gasteiger partial charge < -0.3 is 10.2 Å². The van der Waals surface area contributed by atoms with Gasteiger partial charge in [-0.15, -0.1) is 0 Å². The first kappa shape index (κ1) is 15.2. The van der Waals surface area contributed by atoms with E-state index in [4.69, 9.17) is 0 Å². The Labute approximate surface area is 116 Å². The van der Waals surface area contributed by atoms with Crippen molar-refractivity contribution in [2.45, 2.75) is 19.3 Å². The molecule has 0 bridgehead atoms. The van der Waals surface area contributed by atoms with E-state index in [9.17, 15) is 8.42 Å². The van der Waals surface area contributed by atoms with Crippen LogP contribution in [0.4, 0.5) is 0 Å². The summed E-state index contributed by atoms with van der Waals surface area (Å²) in [6.07, 6.45) is 3.38. The van der Waals surface area contributed by atoms with E-state index in [-0.39, 0.29) is 0 Å². The van der Waals surface area contributed by atoms with Crippen LogP contribution in [0.3, 0.4) is 0 Å². The highest BCUT2D eigenvalue weighted by Gasteiger charge is 2.27. The highest BCUT2D eigenvalue weighted by molar-refractivity contribution is 7.86. The standard InChI is InChI=1S/C12H26N4O2S/c1-14(11-12-15-7-2-3-8-15)19(17,18)16-9-4-5-13-6-10-16/h13H,2-12H2,1H3. The lowest BCUT2D eigenvalue weighted by atomic mass is 10.4. The summed E-state index contributed by atoms with van der Waals surface area (Å²) in [7, 11) is -1.58. The van der Waals surface area contributed by atoms with E-state index in [2.05, 4.69) is 10.2 Å². The van der Waals surface area contributed by atoms with E-state index in [1.54, 1.807) is 11.4 Å². The lowest BCUT2D eigenvalue weighted by Crippen LogP contribution is -2.45. The molecule has 2 fully saturated rings. The second-order valence-electron chi connectivity index (χ2n) is 5.38. The lowest BCUT2D eigenvalue weighted by molar-refractivity contribution is 0.297. The summed E-state index contributed by atoms with van der Waals surface area (Å²) in [5, 5.41) is 3.23. The highest BCUT2D eigenvalue weighted by Crippen LogP contribution is 2.10. The van der Waals surface area contributed by atoms with Crippen molar-refractivity contribution in [1.82, 2.24) is 18.8 Å². The van der Waals surface area contributed by atoms with Gasteiger partial charge in [0.1, 0.15) is 0 Å². The fourth-order valence-corrected chi connectivity index (χ4v) is 4.04. The Balaban J connectivity index is 1.85. The minimum atomic E-state index is -3.28. The lowest BCUT2D eigenvalue weighted by Gasteiger charge is -2.27. The Morgan fingerprint density at radius 1 is 1.05 bits per heavy atom. The van der Waals surface area contributed by atoms with Crippen molar-refractivity contribution in [2.75, 3.05) is 59.4 Å². The van der Waals surface area contributed by atoms with Crippen LogP contribution in [0.1, 0.15) is 19.3 Å². The highest BCUT2D eigenvalue weighted by atomic mass is 32.2. The van der Waals surface area contributed by atoms with E-state index in [0.29, 0.717) is 19.6 Å². The molecule has 0 aromatic heterocycles. The van der Waals surface area contributed by atoms with Crippen molar-refractivity contribution in [3.8, 4) is 0 Å². The zero-order valence-electron chi connectivity index (χ0n) is 11.8. The molecule has 2 saturated heterocycles. The SMILES string of the molecule is CN(CCN1CCCC1)S(=O)(=O)N1CCCNCC1. The van der Waals surface area contributed by atoms with E-state index in [0.717, 1.165) is 39.1 Å². The van der Waals surface area contributed by atoms with Crippen LogP contribution in [0.25, 0.3) is 0 Å². The summed E-state index contributed by atoms with van der Waals surface area (Å²) in [5.41, 5.74) is 0. The molecule has 19 heavy (non-hydrogen) atoms. The third kappa shape index (κ3) is 4.13. The van der Waals surface area contributed by atoms with Gasteiger partial charge in [-0.3, -0.25) is 0 Å². The molecule has 2 heterocycles. The third-order valence-electron chi connectivity index (χ3n) is 3.95. The van der Waals surface area contributed by atoms with Gasteiger partial charge in [-0.1, -0.05) is 0 Å². The molecule has 7 heteroatoms. The average molecular weight is 290 g/mol. The fraction of sp³-hybridized carbons (Fsp3) is 1.00. The number of likely N-dealkylation sites (N-methyl/N-ethyl adjacent to an activating group) is 1. The molecule has 0 amide bonds. The first-order valence-electron chi connectivity index (χ1n) is 7.25. The van der Waals surface area contributed by atoms with Crippen LogP contribution in [-0.4, -0.2) is 81.3 Å². The number of likely N-dealkylation sites (tertiary alicyclic amines) is 1. The summed E-state index contributed by atoms with van der Waals surface area (Å²) >= 11 is 0. The van der Waals surface area contributed by atoms with Gasteiger partial charge in [-0.25, -0.2) is 0 Å². The van der Waals surface area contributed by atoms with Crippen LogP contribution in [0.15, 0.2) is 0 Å². The maximum atomic E-state index is 12.4. The summed E-state index contributed by atoms with van der Waals surface area (Å²) in [4.78, 5) is 2.34. The molecule has 0 aromatic carbocycles. The minimum Gasteiger partial charge on any atom is -0.315 e. The second-order valence-corrected chi connectivity index (χ2v) is 7.42. The van der Waals surface area contributed by atoms with Gasteiger partial charge in [0.25, 0.3) is 10.2 Å². The molecule has 0 aromatic rings. The van der Waals surface area contributed by atoms with Gasteiger partial charge in [0.15, 0.2) is 0 Å².